The number of carbonyl (C=O) groups is 2. The molecule has 1 aliphatic rings. The number of ether oxygens (including phenoxy) is 1. The van der Waals surface area contributed by atoms with Crippen molar-refractivity contribution in [3.63, 3.8) is 0 Å². The van der Waals surface area contributed by atoms with Crippen molar-refractivity contribution in [1.29, 1.82) is 0 Å². The number of fused-ring (bicyclic) bond motifs is 3. The van der Waals surface area contributed by atoms with E-state index < -0.39 is 0 Å². The van der Waals surface area contributed by atoms with Crippen molar-refractivity contribution in [2.24, 2.45) is 5.92 Å². The first-order valence-electron chi connectivity index (χ1n) is 11.0. The zero-order valence-electron chi connectivity index (χ0n) is 18.5. The molecule has 2 aromatic carbocycles. The van der Waals surface area contributed by atoms with Crippen molar-refractivity contribution in [3.05, 3.63) is 88.9 Å². The van der Waals surface area contributed by atoms with E-state index in [9.17, 15) is 14.0 Å². The van der Waals surface area contributed by atoms with Gasteiger partial charge >= 0.3 is 5.97 Å². The summed E-state index contributed by atoms with van der Waals surface area (Å²) in [5.74, 6) is 0.0140. The summed E-state index contributed by atoms with van der Waals surface area (Å²) in [5, 5.41) is 0.660. The third kappa shape index (κ3) is 3.73. The summed E-state index contributed by atoms with van der Waals surface area (Å²) < 4.78 is 23.1. The number of ketones is 1. The van der Waals surface area contributed by atoms with Crippen LogP contribution in [0.4, 0.5) is 4.39 Å². The molecule has 4 aromatic rings. The van der Waals surface area contributed by atoms with E-state index in [1.807, 2.05) is 29.8 Å². The highest BCUT2D eigenvalue weighted by atomic mass is 19.1. The van der Waals surface area contributed by atoms with Crippen molar-refractivity contribution in [2.45, 2.75) is 32.9 Å². The lowest BCUT2D eigenvalue weighted by Gasteiger charge is -2.24. The molecule has 0 amide bonds. The Morgan fingerprint density at radius 2 is 2.00 bits per heavy atom. The van der Waals surface area contributed by atoms with Gasteiger partial charge < -0.3 is 13.9 Å². The number of aryl methyl sites for hydroxylation is 1. The molecular formula is C26H24FN3O3. The fourth-order valence-electron chi connectivity index (χ4n) is 4.80. The highest BCUT2D eigenvalue weighted by Gasteiger charge is 2.33. The molecule has 168 valence electrons. The molecule has 5 rings (SSSR count). The van der Waals surface area contributed by atoms with Gasteiger partial charge in [-0.15, -0.1) is 0 Å². The molecule has 0 spiro atoms. The van der Waals surface area contributed by atoms with Crippen LogP contribution in [0.3, 0.4) is 0 Å². The first-order chi connectivity index (χ1) is 16.0. The Morgan fingerprint density at radius 3 is 2.70 bits per heavy atom. The van der Waals surface area contributed by atoms with Crippen LogP contribution >= 0.6 is 0 Å². The third-order valence-electron chi connectivity index (χ3n) is 6.54. The topological polar surface area (TPSA) is 66.1 Å². The van der Waals surface area contributed by atoms with Crippen molar-refractivity contribution in [1.82, 2.24) is 14.1 Å². The fraction of sp³-hybridized carbons (Fsp3) is 0.269. The van der Waals surface area contributed by atoms with Crippen molar-refractivity contribution < 1.29 is 18.7 Å². The number of Topliss-reactive ketones (excluding diaryl/α,β-unsaturated/α-hetero) is 1. The summed E-state index contributed by atoms with van der Waals surface area (Å²) in [6.45, 7) is 3.02. The summed E-state index contributed by atoms with van der Waals surface area (Å²) in [4.78, 5) is 29.6. The maximum Gasteiger partial charge on any atom is 0.337 e. The van der Waals surface area contributed by atoms with Crippen LogP contribution in [0.25, 0.3) is 10.9 Å². The van der Waals surface area contributed by atoms with Crippen LogP contribution < -0.4 is 0 Å². The predicted octanol–water partition coefficient (Wildman–Crippen LogP) is 4.57. The minimum absolute atomic E-state index is 0.0553. The Kier molecular flexibility index (Phi) is 5.32. The number of halogens is 1. The Morgan fingerprint density at radius 1 is 1.21 bits per heavy atom. The van der Waals surface area contributed by atoms with Crippen molar-refractivity contribution in [2.75, 3.05) is 7.11 Å². The zero-order chi connectivity index (χ0) is 23.1. The average Bonchev–Trinajstić information content (AvgIpc) is 3.36. The number of hydrogen-bond donors (Lipinski definition) is 0. The lowest BCUT2D eigenvalue weighted by Crippen LogP contribution is -2.27. The van der Waals surface area contributed by atoms with Gasteiger partial charge in [-0.05, 0) is 55.7 Å². The van der Waals surface area contributed by atoms with E-state index in [4.69, 9.17) is 4.74 Å². The van der Waals surface area contributed by atoms with Crippen LogP contribution in [0.1, 0.15) is 44.2 Å². The zero-order valence-corrected chi connectivity index (χ0v) is 18.5. The first-order valence-corrected chi connectivity index (χ1v) is 11.0. The monoisotopic (exact) mass is 445 g/mol. The second kappa shape index (κ2) is 8.31. The number of hydrogen-bond acceptors (Lipinski definition) is 4. The maximum absolute atomic E-state index is 14.2. The number of methoxy groups -OCH3 is 1. The quantitative estimate of drug-likeness (QED) is 0.422. The van der Waals surface area contributed by atoms with Crippen LogP contribution in [0.15, 0.2) is 54.9 Å². The highest BCUT2D eigenvalue weighted by Crippen LogP contribution is 2.36. The van der Waals surface area contributed by atoms with Crippen LogP contribution in [0.2, 0.25) is 0 Å². The summed E-state index contributed by atoms with van der Waals surface area (Å²) >= 11 is 0. The van der Waals surface area contributed by atoms with Gasteiger partial charge in [0.25, 0.3) is 0 Å². The van der Waals surface area contributed by atoms with Crippen LogP contribution in [0.5, 0.6) is 0 Å². The minimum Gasteiger partial charge on any atom is -0.465 e. The van der Waals surface area contributed by atoms with Gasteiger partial charge in [-0.2, -0.15) is 0 Å². The van der Waals surface area contributed by atoms with Gasteiger partial charge in [-0.3, -0.25) is 4.79 Å². The fourth-order valence-corrected chi connectivity index (χ4v) is 4.80. The molecule has 2 heterocycles. The molecule has 6 nitrogen and oxygen atoms in total. The third-order valence-corrected chi connectivity index (χ3v) is 6.54. The van der Waals surface area contributed by atoms with Gasteiger partial charge in [0.05, 0.1) is 12.7 Å². The van der Waals surface area contributed by atoms with E-state index >= 15 is 0 Å². The second-order valence-corrected chi connectivity index (χ2v) is 8.48. The van der Waals surface area contributed by atoms with E-state index in [0.29, 0.717) is 29.6 Å². The lowest BCUT2D eigenvalue weighted by molar-refractivity contribution is 0.0600. The summed E-state index contributed by atoms with van der Waals surface area (Å²) in [5.41, 5.74) is 3.87. The molecule has 0 bridgehead atoms. The van der Waals surface area contributed by atoms with Gasteiger partial charge in [0.1, 0.15) is 11.6 Å². The summed E-state index contributed by atoms with van der Waals surface area (Å²) in [6.07, 6.45) is 5.08. The number of esters is 1. The molecule has 7 heteroatoms. The Bertz CT molecular complexity index is 1370. The molecular weight excluding hydrogens is 421 g/mol. The molecule has 33 heavy (non-hydrogen) atoms. The molecule has 0 aliphatic heterocycles. The first kappa shape index (κ1) is 21.1. The maximum atomic E-state index is 14.2. The molecule has 0 N–H and O–H groups in total. The number of carbonyl (C=O) groups excluding carboxylic acids is 2. The Labute approximate surface area is 190 Å². The molecule has 1 unspecified atom stereocenters. The summed E-state index contributed by atoms with van der Waals surface area (Å²) in [6, 6.07) is 11.9. The second-order valence-electron chi connectivity index (χ2n) is 8.48. The number of imidazole rings is 1. The molecule has 2 aromatic heterocycles. The van der Waals surface area contributed by atoms with Crippen LogP contribution in [0, 0.1) is 18.7 Å². The predicted molar refractivity (Wildman–Crippen MR) is 122 cm³/mol. The van der Waals surface area contributed by atoms with E-state index in [0.717, 1.165) is 35.4 Å². The standard InChI is InChI=1S/C26H24FN3O3/c1-16-28-11-12-29(16)15-19-7-9-23-24(25(19)31)21-13-20(27)8-10-22(21)30(23)14-17-3-5-18(6-4-17)26(32)33-2/h3-6,8,10-13,19H,7,9,14-15H2,1-2H3. The van der Waals surface area contributed by atoms with Crippen LogP contribution in [-0.4, -0.2) is 33.0 Å². The molecule has 1 aliphatic carbocycles. The smallest absolute Gasteiger partial charge is 0.337 e. The van der Waals surface area contributed by atoms with Crippen molar-refractivity contribution in [3.8, 4) is 0 Å². The highest BCUT2D eigenvalue weighted by molar-refractivity contribution is 6.11. The van der Waals surface area contributed by atoms with Gasteiger partial charge in [-0.1, -0.05) is 12.1 Å². The largest absolute Gasteiger partial charge is 0.465 e. The normalized spacial score (nSPS) is 15.6. The van der Waals surface area contributed by atoms with E-state index in [-0.39, 0.29) is 23.5 Å². The molecule has 1 atom stereocenters. The van der Waals surface area contributed by atoms with Crippen LogP contribution in [-0.2, 0) is 24.2 Å². The van der Waals surface area contributed by atoms with E-state index in [1.165, 1.54) is 19.2 Å². The van der Waals surface area contributed by atoms with Crippen molar-refractivity contribution >= 4 is 22.7 Å². The van der Waals surface area contributed by atoms with E-state index in [2.05, 4.69) is 9.55 Å². The van der Waals surface area contributed by atoms with Gasteiger partial charge in [0.2, 0.25) is 0 Å². The number of benzene rings is 2. The molecule has 0 saturated heterocycles. The average molecular weight is 445 g/mol. The van der Waals surface area contributed by atoms with Gasteiger partial charge in [0.15, 0.2) is 5.78 Å². The number of rotatable bonds is 5. The molecule has 0 fully saturated rings. The summed E-state index contributed by atoms with van der Waals surface area (Å²) in [7, 11) is 1.35. The minimum atomic E-state index is -0.384. The molecule has 0 radical (unpaired) electrons. The SMILES string of the molecule is COC(=O)c1ccc(Cn2c3c(c4cc(F)ccc42)C(=O)C(Cn2ccnc2C)CC3)cc1. The van der Waals surface area contributed by atoms with E-state index in [1.54, 1.807) is 24.4 Å². The number of nitrogens with zero attached hydrogens (tertiary/aromatic N) is 3. The Balaban J connectivity index is 1.53. The Hall–Kier alpha value is -3.74. The molecule has 0 saturated carbocycles. The lowest BCUT2D eigenvalue weighted by atomic mass is 9.85. The number of aromatic nitrogens is 3. The van der Waals surface area contributed by atoms with Gasteiger partial charge in [-0.25, -0.2) is 14.2 Å². The van der Waals surface area contributed by atoms with Gasteiger partial charge in [0, 0.05) is 53.6 Å².